The number of allylic oxidation sites excluding steroid dienone is 1. The number of carbonyl (C=O) groups excluding carboxylic acids is 2. The Balaban J connectivity index is 1.84. The van der Waals surface area contributed by atoms with Crippen molar-refractivity contribution in [2.45, 2.75) is 110 Å². The number of aliphatic hydroxyl groups is 2. The Labute approximate surface area is 220 Å². The van der Waals surface area contributed by atoms with Gasteiger partial charge < -0.3 is 24.7 Å². The predicted molar refractivity (Wildman–Crippen MR) is 141 cm³/mol. The quantitative estimate of drug-likeness (QED) is 0.397. The number of ketones is 1. The van der Waals surface area contributed by atoms with Crippen LogP contribution in [0.4, 0.5) is 0 Å². The fourth-order valence-corrected chi connectivity index (χ4v) is 5.33. The summed E-state index contributed by atoms with van der Waals surface area (Å²) in [6.45, 7) is 12.9. The number of aromatic nitrogens is 1. The summed E-state index contributed by atoms with van der Waals surface area (Å²) in [5, 5.41) is 25.2. The summed E-state index contributed by atoms with van der Waals surface area (Å²) in [7, 11) is 0. The van der Waals surface area contributed by atoms with Gasteiger partial charge in [0.1, 0.15) is 17.7 Å². The van der Waals surface area contributed by atoms with E-state index in [1.165, 1.54) is 0 Å². The highest BCUT2D eigenvalue weighted by atomic mass is 16.6. The number of carbonyl (C=O) groups is 2. The standard InChI is InChI=1S/C29H44N2O6/c1-7-8-11-22-26(34)18(2)10-9-14-29(6)24(37-29)15-20(12-13-21-17-36-19(3)30-21)31-25(33)16-23(32)28(4,5)27(22)35/h7,12-13,17-18,20,22-24,26,32,34H,1,8-11,14-16H2,2-6H3,(H,31,33). The van der Waals surface area contributed by atoms with Crippen LogP contribution < -0.4 is 5.32 Å². The summed E-state index contributed by atoms with van der Waals surface area (Å²) in [5.74, 6) is -0.761. The predicted octanol–water partition coefficient (Wildman–Crippen LogP) is 4.14. The summed E-state index contributed by atoms with van der Waals surface area (Å²) in [6, 6.07) is -0.337. The molecule has 8 nitrogen and oxygen atoms in total. The molecule has 8 heteroatoms. The van der Waals surface area contributed by atoms with Gasteiger partial charge in [-0.05, 0) is 44.6 Å². The number of fused-ring (bicyclic) bond motifs is 1. The van der Waals surface area contributed by atoms with Crippen molar-refractivity contribution in [2.75, 3.05) is 0 Å². The molecule has 1 aromatic heterocycles. The van der Waals surface area contributed by atoms with Crippen LogP contribution in [0.3, 0.4) is 0 Å². The second kappa shape index (κ2) is 12.0. The molecule has 0 bridgehead atoms. The van der Waals surface area contributed by atoms with Crippen LogP contribution in [0, 0.1) is 24.2 Å². The summed E-state index contributed by atoms with van der Waals surface area (Å²) in [5.41, 5.74) is -0.839. The number of epoxide rings is 1. The molecule has 1 aromatic rings. The lowest BCUT2D eigenvalue weighted by Crippen LogP contribution is -2.48. The Morgan fingerprint density at radius 3 is 2.65 bits per heavy atom. The van der Waals surface area contributed by atoms with Crippen molar-refractivity contribution in [3.63, 3.8) is 0 Å². The zero-order valence-electron chi connectivity index (χ0n) is 22.9. The third-order valence-electron chi connectivity index (χ3n) is 8.18. The van der Waals surface area contributed by atoms with Gasteiger partial charge in [-0.3, -0.25) is 9.59 Å². The normalized spacial score (nSPS) is 35.6. The molecule has 37 heavy (non-hydrogen) atoms. The number of ether oxygens (including phenoxy) is 1. The largest absolute Gasteiger partial charge is 0.449 e. The van der Waals surface area contributed by atoms with Gasteiger partial charge in [-0.25, -0.2) is 4.98 Å². The average Bonchev–Trinajstić information content (AvgIpc) is 3.26. The Kier molecular flexibility index (Phi) is 9.53. The fraction of sp³-hybridized carbons (Fsp3) is 0.690. The Bertz CT molecular complexity index is 985. The van der Waals surface area contributed by atoms with Gasteiger partial charge in [0.15, 0.2) is 5.89 Å². The molecule has 2 aliphatic rings. The van der Waals surface area contributed by atoms with Crippen LogP contribution in [-0.4, -0.2) is 56.8 Å². The number of nitrogens with zero attached hydrogens (tertiary/aromatic N) is 1. The fourth-order valence-electron chi connectivity index (χ4n) is 5.33. The maximum absolute atomic E-state index is 13.6. The summed E-state index contributed by atoms with van der Waals surface area (Å²) < 4.78 is 11.3. The molecule has 1 amide bonds. The SMILES string of the molecule is C=CCCC1C(=O)C(C)(C)C(O)CC(=O)NC(C=Cc2coc(C)n2)CC2OC2(C)CCCC(C)C1O. The lowest BCUT2D eigenvalue weighted by atomic mass is 9.71. The molecule has 3 heterocycles. The van der Waals surface area contributed by atoms with Crippen LogP contribution in [-0.2, 0) is 14.3 Å². The molecule has 7 atom stereocenters. The highest BCUT2D eigenvalue weighted by Crippen LogP contribution is 2.44. The molecule has 0 saturated carbocycles. The minimum absolute atomic E-state index is 0.0158. The minimum Gasteiger partial charge on any atom is -0.449 e. The van der Waals surface area contributed by atoms with Crippen molar-refractivity contribution < 1.29 is 29.0 Å². The molecule has 0 aromatic carbocycles. The first-order chi connectivity index (χ1) is 17.4. The van der Waals surface area contributed by atoms with Crippen molar-refractivity contribution in [1.29, 1.82) is 0 Å². The van der Waals surface area contributed by atoms with Crippen LogP contribution in [0.2, 0.25) is 0 Å². The maximum atomic E-state index is 13.6. The van der Waals surface area contributed by atoms with Crippen molar-refractivity contribution in [1.82, 2.24) is 10.3 Å². The zero-order chi connectivity index (χ0) is 27.4. The van der Waals surface area contributed by atoms with Crippen molar-refractivity contribution in [3.8, 4) is 0 Å². The van der Waals surface area contributed by atoms with Crippen LogP contribution in [0.1, 0.15) is 84.2 Å². The lowest BCUT2D eigenvalue weighted by Gasteiger charge is -2.36. The highest BCUT2D eigenvalue weighted by molar-refractivity contribution is 5.88. The number of aliphatic hydroxyl groups excluding tert-OH is 2. The molecule has 2 fully saturated rings. The third-order valence-corrected chi connectivity index (χ3v) is 8.18. The summed E-state index contributed by atoms with van der Waals surface area (Å²) >= 11 is 0. The monoisotopic (exact) mass is 516 g/mol. The van der Waals surface area contributed by atoms with E-state index in [4.69, 9.17) is 9.15 Å². The van der Waals surface area contributed by atoms with Gasteiger partial charge in [-0.15, -0.1) is 6.58 Å². The molecular formula is C29H44N2O6. The van der Waals surface area contributed by atoms with Gasteiger partial charge in [0.05, 0.1) is 41.8 Å². The van der Waals surface area contributed by atoms with Crippen molar-refractivity contribution in [2.24, 2.45) is 17.3 Å². The van der Waals surface area contributed by atoms with E-state index < -0.39 is 23.5 Å². The zero-order valence-corrected chi connectivity index (χ0v) is 22.9. The Morgan fingerprint density at radius 1 is 1.27 bits per heavy atom. The van der Waals surface area contributed by atoms with Gasteiger partial charge in [0, 0.05) is 19.3 Å². The number of rotatable bonds is 5. The second-order valence-corrected chi connectivity index (χ2v) is 11.6. The number of amides is 1. The first-order valence-electron chi connectivity index (χ1n) is 13.5. The van der Waals surface area contributed by atoms with Gasteiger partial charge >= 0.3 is 0 Å². The van der Waals surface area contributed by atoms with E-state index in [9.17, 15) is 19.8 Å². The van der Waals surface area contributed by atoms with Crippen LogP contribution in [0.15, 0.2) is 29.4 Å². The molecular weight excluding hydrogens is 472 g/mol. The Morgan fingerprint density at radius 2 is 2.00 bits per heavy atom. The lowest BCUT2D eigenvalue weighted by molar-refractivity contribution is -0.144. The van der Waals surface area contributed by atoms with Crippen LogP contribution in [0.25, 0.3) is 6.08 Å². The number of aryl methyl sites for hydroxylation is 1. The van der Waals surface area contributed by atoms with Crippen molar-refractivity contribution in [3.05, 3.63) is 36.6 Å². The molecule has 2 aliphatic heterocycles. The van der Waals surface area contributed by atoms with Gasteiger partial charge in [0.2, 0.25) is 5.91 Å². The smallest absolute Gasteiger partial charge is 0.223 e. The number of nitrogens with one attached hydrogen (secondary N) is 1. The van der Waals surface area contributed by atoms with Gasteiger partial charge in [0.25, 0.3) is 0 Å². The molecule has 0 radical (unpaired) electrons. The number of hydrogen-bond acceptors (Lipinski definition) is 7. The first-order valence-corrected chi connectivity index (χ1v) is 13.5. The molecule has 2 saturated heterocycles. The number of oxazole rings is 1. The molecule has 3 rings (SSSR count). The topological polar surface area (TPSA) is 125 Å². The molecule has 0 spiro atoms. The van der Waals surface area contributed by atoms with E-state index >= 15 is 0 Å². The van der Waals surface area contributed by atoms with Crippen molar-refractivity contribution >= 4 is 17.8 Å². The molecule has 0 aliphatic carbocycles. The van der Waals surface area contributed by atoms with E-state index in [0.29, 0.717) is 30.8 Å². The molecule has 3 N–H and O–H groups in total. The molecule has 7 unspecified atom stereocenters. The second-order valence-electron chi connectivity index (χ2n) is 11.6. The van der Waals surface area contributed by atoms with E-state index in [1.54, 1.807) is 39.2 Å². The van der Waals surface area contributed by atoms with Crippen LogP contribution >= 0.6 is 0 Å². The van der Waals surface area contributed by atoms with Gasteiger partial charge in [-0.2, -0.15) is 0 Å². The minimum atomic E-state index is -1.21. The van der Waals surface area contributed by atoms with E-state index in [2.05, 4.69) is 23.8 Å². The maximum Gasteiger partial charge on any atom is 0.223 e. The highest BCUT2D eigenvalue weighted by Gasteiger charge is 2.52. The summed E-state index contributed by atoms with van der Waals surface area (Å²) in [6.07, 6.45) is 8.74. The van der Waals surface area contributed by atoms with E-state index in [1.807, 2.05) is 13.0 Å². The average molecular weight is 517 g/mol. The first kappa shape index (κ1) is 29.3. The van der Waals surface area contributed by atoms with E-state index in [-0.39, 0.29) is 41.8 Å². The Hall–Kier alpha value is -2.29. The number of hydrogen-bond donors (Lipinski definition) is 3. The number of Topliss-reactive ketones (excluding diaryl/α,β-unsaturated/α-hetero) is 1. The summed E-state index contributed by atoms with van der Waals surface area (Å²) in [4.78, 5) is 30.9. The van der Waals surface area contributed by atoms with Gasteiger partial charge in [-0.1, -0.05) is 39.3 Å². The van der Waals surface area contributed by atoms with E-state index in [0.717, 1.165) is 19.3 Å². The molecule has 206 valence electrons. The van der Waals surface area contributed by atoms with Crippen LogP contribution in [0.5, 0.6) is 0 Å². The third kappa shape index (κ3) is 7.39.